The van der Waals surface area contributed by atoms with Crippen molar-refractivity contribution >= 4 is 7.41 Å². The van der Waals surface area contributed by atoms with Crippen molar-refractivity contribution in [2.45, 2.75) is 32.0 Å². The monoisotopic (exact) mass is 119 g/mol. The molecule has 0 aromatic carbocycles. The second-order valence-corrected chi connectivity index (χ2v) is 2.87. The summed E-state index contributed by atoms with van der Waals surface area (Å²) in [6.45, 7) is 1.31. The van der Waals surface area contributed by atoms with Crippen LogP contribution in [0.1, 0.15) is 25.7 Å². The first kappa shape index (κ1) is 9.62. The van der Waals surface area contributed by atoms with Crippen LogP contribution in [0.5, 0.6) is 0 Å². The average Bonchev–Trinajstić information content (AvgIpc) is 1.62. The predicted octanol–water partition coefficient (Wildman–Crippen LogP) is -2.34. The standard InChI is InChI=1S/C6H15BN.Li/c1-2-4-6-8-7-5-3-1;/h8H,1-7H2;/q-1;+1. The molecule has 1 aliphatic heterocycles. The molecule has 1 saturated heterocycles. The van der Waals surface area contributed by atoms with Gasteiger partial charge in [0, 0.05) is 7.41 Å². The number of hydrogen-bond donors (Lipinski definition) is 1. The van der Waals surface area contributed by atoms with Crippen LogP contribution >= 0.6 is 0 Å². The van der Waals surface area contributed by atoms with Crippen molar-refractivity contribution in [1.82, 2.24) is 5.23 Å². The van der Waals surface area contributed by atoms with E-state index in [1.54, 1.807) is 0 Å². The summed E-state index contributed by atoms with van der Waals surface area (Å²) < 4.78 is 0. The Hall–Kier alpha value is 0.622. The molecule has 1 heterocycles. The molecule has 0 unspecified atom stereocenters. The molecule has 0 spiro atoms. The molecule has 0 saturated carbocycles. The van der Waals surface area contributed by atoms with Gasteiger partial charge in [-0.3, -0.25) is 0 Å². The van der Waals surface area contributed by atoms with Crippen molar-refractivity contribution in [2.24, 2.45) is 0 Å². The summed E-state index contributed by atoms with van der Waals surface area (Å²) in [7, 11) is 0.306. The van der Waals surface area contributed by atoms with Crippen LogP contribution in [0.25, 0.3) is 0 Å². The quantitative estimate of drug-likeness (QED) is 0.352. The van der Waals surface area contributed by atoms with Gasteiger partial charge < -0.3 is 5.23 Å². The van der Waals surface area contributed by atoms with E-state index < -0.39 is 0 Å². The topological polar surface area (TPSA) is 12.0 Å². The molecular weight excluding hydrogens is 104 g/mol. The molecule has 3 heteroatoms. The summed E-state index contributed by atoms with van der Waals surface area (Å²) in [5, 5.41) is 3.51. The van der Waals surface area contributed by atoms with Gasteiger partial charge in [0.1, 0.15) is 0 Å². The molecule has 0 aliphatic carbocycles. The largest absolute Gasteiger partial charge is 1.00 e. The molecule has 0 bridgehead atoms. The Labute approximate surface area is 70.4 Å². The Bertz CT molecular complexity index is 37.0. The number of rotatable bonds is 0. The smallest absolute Gasteiger partial charge is 0.494 e. The maximum Gasteiger partial charge on any atom is 1.00 e. The van der Waals surface area contributed by atoms with Gasteiger partial charge in [-0.15, -0.1) is 0 Å². The second kappa shape index (κ2) is 6.74. The van der Waals surface area contributed by atoms with Gasteiger partial charge in [-0.25, -0.2) is 0 Å². The SMILES string of the molecule is [BH2-]1CCCCCCN1.[Li+]. The van der Waals surface area contributed by atoms with Crippen LogP contribution < -0.4 is 24.1 Å². The molecule has 1 N–H and O–H groups in total. The third-order valence-corrected chi connectivity index (χ3v) is 2.03. The van der Waals surface area contributed by atoms with Crippen LogP contribution in [0, 0.1) is 0 Å². The maximum atomic E-state index is 3.51. The molecule has 1 aliphatic rings. The summed E-state index contributed by atoms with van der Waals surface area (Å²) >= 11 is 0. The van der Waals surface area contributed by atoms with E-state index in [0.717, 1.165) is 0 Å². The molecule has 0 amide bonds. The van der Waals surface area contributed by atoms with Crippen LogP contribution in [0.4, 0.5) is 0 Å². The summed E-state index contributed by atoms with van der Waals surface area (Å²) in [5.41, 5.74) is 0. The van der Waals surface area contributed by atoms with Gasteiger partial charge in [-0.2, -0.15) is 6.32 Å². The molecule has 0 aromatic heterocycles. The first-order valence-corrected chi connectivity index (χ1v) is 4.06. The van der Waals surface area contributed by atoms with E-state index >= 15 is 0 Å². The van der Waals surface area contributed by atoms with Crippen LogP contribution in [-0.4, -0.2) is 14.0 Å². The Morgan fingerprint density at radius 3 is 2.67 bits per heavy atom. The first-order chi connectivity index (χ1) is 4.00. The third kappa shape index (κ3) is 5.09. The van der Waals surface area contributed by atoms with E-state index in [9.17, 15) is 0 Å². The fourth-order valence-electron chi connectivity index (χ4n) is 1.44. The van der Waals surface area contributed by atoms with Gasteiger partial charge in [-0.1, -0.05) is 19.3 Å². The van der Waals surface area contributed by atoms with Crippen LogP contribution in [0.3, 0.4) is 0 Å². The fraction of sp³-hybridized carbons (Fsp3) is 1.00. The van der Waals surface area contributed by atoms with Crippen LogP contribution in [0.2, 0.25) is 6.32 Å². The Morgan fingerprint density at radius 1 is 1.00 bits per heavy atom. The minimum Gasteiger partial charge on any atom is -0.494 e. The summed E-state index contributed by atoms with van der Waals surface area (Å²) in [6, 6.07) is 0. The summed E-state index contributed by atoms with van der Waals surface area (Å²) in [4.78, 5) is 0. The Kier molecular flexibility index (Phi) is 7.20. The molecule has 9 heavy (non-hydrogen) atoms. The van der Waals surface area contributed by atoms with Crippen molar-refractivity contribution in [2.75, 3.05) is 6.54 Å². The van der Waals surface area contributed by atoms with Gasteiger partial charge >= 0.3 is 18.9 Å². The molecule has 0 radical (unpaired) electrons. The Morgan fingerprint density at radius 2 is 1.78 bits per heavy atom. The van der Waals surface area contributed by atoms with Gasteiger partial charge in [-0.05, 0) is 13.0 Å². The van der Waals surface area contributed by atoms with E-state index in [1.807, 2.05) is 0 Å². The van der Waals surface area contributed by atoms with E-state index in [1.165, 1.54) is 38.5 Å². The molecular formula is C6H15BLiN. The van der Waals surface area contributed by atoms with Crippen molar-refractivity contribution < 1.29 is 18.9 Å². The zero-order valence-electron chi connectivity index (χ0n) is 6.74. The van der Waals surface area contributed by atoms with Gasteiger partial charge in [0.15, 0.2) is 0 Å². The third-order valence-electron chi connectivity index (χ3n) is 2.03. The minimum absolute atomic E-state index is 0. The maximum absolute atomic E-state index is 3.51. The number of nitrogens with one attached hydrogen (secondary N) is 1. The normalized spacial score (nSPS) is 21.3. The first-order valence-electron chi connectivity index (χ1n) is 4.06. The van der Waals surface area contributed by atoms with Gasteiger partial charge in [0.2, 0.25) is 0 Å². The van der Waals surface area contributed by atoms with Crippen molar-refractivity contribution in [1.29, 1.82) is 0 Å². The predicted molar refractivity (Wildman–Crippen MR) is 39.8 cm³/mol. The molecule has 0 atom stereocenters. The molecule has 48 valence electrons. The van der Waals surface area contributed by atoms with E-state index in [0.29, 0.717) is 7.41 Å². The van der Waals surface area contributed by atoms with E-state index in [4.69, 9.17) is 0 Å². The van der Waals surface area contributed by atoms with Crippen molar-refractivity contribution in [3.63, 3.8) is 0 Å². The zero-order chi connectivity index (χ0) is 5.66. The van der Waals surface area contributed by atoms with Gasteiger partial charge in [0.05, 0.1) is 0 Å². The van der Waals surface area contributed by atoms with E-state index in [2.05, 4.69) is 5.23 Å². The molecule has 1 rings (SSSR count). The van der Waals surface area contributed by atoms with Gasteiger partial charge in [0.25, 0.3) is 0 Å². The molecule has 1 fully saturated rings. The van der Waals surface area contributed by atoms with Crippen molar-refractivity contribution in [3.8, 4) is 0 Å². The summed E-state index contributed by atoms with van der Waals surface area (Å²) in [6.07, 6.45) is 7.38. The molecule has 0 aromatic rings. The molecule has 1 nitrogen and oxygen atoms in total. The zero-order valence-corrected chi connectivity index (χ0v) is 6.74. The Balaban J connectivity index is 0.000000640. The summed E-state index contributed by atoms with van der Waals surface area (Å²) in [5.74, 6) is 0. The van der Waals surface area contributed by atoms with E-state index in [-0.39, 0.29) is 18.9 Å². The number of hydrogen-bond acceptors (Lipinski definition) is 1. The van der Waals surface area contributed by atoms with Crippen LogP contribution in [0.15, 0.2) is 0 Å². The minimum atomic E-state index is 0. The average molecular weight is 119 g/mol. The second-order valence-electron chi connectivity index (χ2n) is 2.87. The van der Waals surface area contributed by atoms with Crippen LogP contribution in [-0.2, 0) is 0 Å². The fourth-order valence-corrected chi connectivity index (χ4v) is 1.44. The van der Waals surface area contributed by atoms with Crippen molar-refractivity contribution in [3.05, 3.63) is 0 Å².